The predicted octanol–water partition coefficient (Wildman–Crippen LogP) is 4.45. The summed E-state index contributed by atoms with van der Waals surface area (Å²) in [5.74, 6) is -0.513. The van der Waals surface area contributed by atoms with Gasteiger partial charge in [0.25, 0.3) is 0 Å². The molecule has 0 saturated carbocycles. The van der Waals surface area contributed by atoms with Crippen molar-refractivity contribution in [2.24, 2.45) is 11.5 Å². The molecule has 0 saturated heterocycles. The van der Waals surface area contributed by atoms with Gasteiger partial charge in [0.2, 0.25) is 11.8 Å². The molecular formula is C24H32N2O2. The van der Waals surface area contributed by atoms with Gasteiger partial charge in [-0.1, -0.05) is 99.2 Å². The molecule has 2 rings (SSSR count). The Morgan fingerprint density at radius 1 is 0.643 bits per heavy atom. The van der Waals surface area contributed by atoms with Crippen LogP contribution < -0.4 is 11.5 Å². The zero-order valence-electron chi connectivity index (χ0n) is 16.6. The average Bonchev–Trinajstić information content (AvgIpc) is 2.70. The van der Waals surface area contributed by atoms with Gasteiger partial charge in [-0.3, -0.25) is 9.59 Å². The Morgan fingerprint density at radius 3 is 1.50 bits per heavy atom. The zero-order chi connectivity index (χ0) is 20.2. The fourth-order valence-electron chi connectivity index (χ4n) is 3.88. The van der Waals surface area contributed by atoms with Crippen LogP contribution in [-0.2, 0) is 15.0 Å². The molecule has 4 heteroatoms. The minimum absolute atomic E-state index is 0.218. The average molecular weight is 381 g/mol. The largest absolute Gasteiger partial charge is 0.370 e. The molecule has 0 fully saturated rings. The fourth-order valence-corrected chi connectivity index (χ4v) is 3.88. The van der Waals surface area contributed by atoms with Crippen molar-refractivity contribution in [3.05, 3.63) is 71.8 Å². The van der Waals surface area contributed by atoms with Crippen LogP contribution in [0, 0.1) is 0 Å². The van der Waals surface area contributed by atoms with Gasteiger partial charge in [0, 0.05) is 6.42 Å². The van der Waals surface area contributed by atoms with E-state index in [9.17, 15) is 9.59 Å². The van der Waals surface area contributed by atoms with Crippen molar-refractivity contribution in [1.29, 1.82) is 0 Å². The molecule has 0 aliphatic heterocycles. The van der Waals surface area contributed by atoms with E-state index in [2.05, 4.69) is 0 Å². The predicted molar refractivity (Wildman–Crippen MR) is 114 cm³/mol. The van der Waals surface area contributed by atoms with Crippen LogP contribution >= 0.6 is 0 Å². The van der Waals surface area contributed by atoms with Gasteiger partial charge in [0.15, 0.2) is 0 Å². The number of nitrogens with two attached hydrogens (primary N) is 2. The van der Waals surface area contributed by atoms with Crippen molar-refractivity contribution in [3.8, 4) is 0 Å². The Morgan fingerprint density at radius 2 is 1.07 bits per heavy atom. The maximum absolute atomic E-state index is 12.7. The molecule has 2 amide bonds. The number of benzene rings is 2. The summed E-state index contributed by atoms with van der Waals surface area (Å²) < 4.78 is 0. The molecule has 4 N–H and O–H groups in total. The Hall–Kier alpha value is -2.62. The van der Waals surface area contributed by atoms with Crippen LogP contribution in [0.4, 0.5) is 0 Å². The molecule has 28 heavy (non-hydrogen) atoms. The first kappa shape index (κ1) is 21.7. The topological polar surface area (TPSA) is 86.2 Å². The van der Waals surface area contributed by atoms with Crippen LogP contribution in [0.3, 0.4) is 0 Å². The second-order valence-corrected chi connectivity index (χ2v) is 7.44. The third kappa shape index (κ3) is 5.95. The lowest BCUT2D eigenvalue weighted by Crippen LogP contribution is -2.42. The van der Waals surface area contributed by atoms with E-state index < -0.39 is 5.41 Å². The Bertz CT molecular complexity index is 689. The molecule has 0 aliphatic rings. The van der Waals surface area contributed by atoms with Crippen molar-refractivity contribution < 1.29 is 9.59 Å². The maximum atomic E-state index is 12.7. The first-order valence-electron chi connectivity index (χ1n) is 10.3. The van der Waals surface area contributed by atoms with Gasteiger partial charge in [-0.05, 0) is 24.0 Å². The van der Waals surface area contributed by atoms with Gasteiger partial charge >= 0.3 is 0 Å². The highest BCUT2D eigenvalue weighted by Gasteiger charge is 2.39. The van der Waals surface area contributed by atoms with Gasteiger partial charge in [0.1, 0.15) is 0 Å². The van der Waals surface area contributed by atoms with E-state index >= 15 is 0 Å². The SMILES string of the molecule is NC(=O)CCCCCCCCCC(C(N)=O)(c1ccccc1)c1ccccc1. The lowest BCUT2D eigenvalue weighted by Gasteiger charge is -2.32. The molecule has 150 valence electrons. The summed E-state index contributed by atoms with van der Waals surface area (Å²) in [6.45, 7) is 0. The smallest absolute Gasteiger partial charge is 0.232 e. The van der Waals surface area contributed by atoms with E-state index in [0.717, 1.165) is 56.1 Å². The van der Waals surface area contributed by atoms with E-state index in [-0.39, 0.29) is 11.8 Å². The number of amides is 2. The number of hydrogen-bond acceptors (Lipinski definition) is 2. The summed E-state index contributed by atoms with van der Waals surface area (Å²) in [5, 5.41) is 0. The minimum Gasteiger partial charge on any atom is -0.370 e. The van der Waals surface area contributed by atoms with E-state index in [4.69, 9.17) is 11.5 Å². The molecule has 0 spiro atoms. The van der Waals surface area contributed by atoms with Gasteiger partial charge in [-0.15, -0.1) is 0 Å². The molecule has 2 aromatic rings. The Labute approximate surface area is 168 Å². The summed E-state index contributed by atoms with van der Waals surface area (Å²) in [6.07, 6.45) is 8.48. The molecule has 2 aromatic carbocycles. The Kier molecular flexibility index (Phi) is 8.73. The van der Waals surface area contributed by atoms with Gasteiger partial charge in [-0.2, -0.15) is 0 Å². The summed E-state index contributed by atoms with van der Waals surface area (Å²) in [4.78, 5) is 23.4. The van der Waals surface area contributed by atoms with Gasteiger partial charge < -0.3 is 11.5 Å². The molecule has 0 bridgehead atoms. The summed E-state index contributed by atoms with van der Waals surface area (Å²) in [6, 6.07) is 19.7. The first-order chi connectivity index (χ1) is 13.6. The maximum Gasteiger partial charge on any atom is 0.232 e. The number of rotatable bonds is 13. The van der Waals surface area contributed by atoms with Crippen molar-refractivity contribution in [3.63, 3.8) is 0 Å². The standard InChI is InChI=1S/C24H32N2O2/c25-22(27)18-12-4-2-1-3-5-13-19-24(23(26)28,20-14-8-6-9-15-20)21-16-10-7-11-17-21/h6-11,14-17H,1-5,12-13,18-19H2,(H2,25,27)(H2,26,28). The van der Waals surface area contributed by atoms with Crippen LogP contribution in [0.1, 0.15) is 68.9 Å². The molecule has 0 unspecified atom stereocenters. The quantitative estimate of drug-likeness (QED) is 0.503. The first-order valence-corrected chi connectivity index (χ1v) is 10.3. The van der Waals surface area contributed by atoms with Crippen LogP contribution in [-0.4, -0.2) is 11.8 Å². The molecule has 4 nitrogen and oxygen atoms in total. The second kappa shape index (κ2) is 11.3. The van der Waals surface area contributed by atoms with Crippen LogP contribution in [0.15, 0.2) is 60.7 Å². The molecule has 0 heterocycles. The van der Waals surface area contributed by atoms with E-state index in [0.29, 0.717) is 12.8 Å². The lowest BCUT2D eigenvalue weighted by molar-refractivity contribution is -0.122. The van der Waals surface area contributed by atoms with Crippen LogP contribution in [0.5, 0.6) is 0 Å². The highest BCUT2D eigenvalue weighted by Crippen LogP contribution is 2.37. The fraction of sp³-hybridized carbons (Fsp3) is 0.417. The highest BCUT2D eigenvalue weighted by atomic mass is 16.1. The zero-order valence-corrected chi connectivity index (χ0v) is 16.6. The van der Waals surface area contributed by atoms with Gasteiger partial charge in [0.05, 0.1) is 5.41 Å². The molecular weight excluding hydrogens is 348 g/mol. The van der Waals surface area contributed by atoms with E-state index in [1.54, 1.807) is 0 Å². The third-order valence-electron chi connectivity index (χ3n) is 5.43. The summed E-state index contributed by atoms with van der Waals surface area (Å²) in [5.41, 5.74) is 12.3. The minimum atomic E-state index is -0.788. The number of primary amides is 2. The van der Waals surface area contributed by atoms with Crippen molar-refractivity contribution in [2.45, 2.75) is 63.2 Å². The molecule has 0 atom stereocenters. The Balaban J connectivity index is 1.96. The van der Waals surface area contributed by atoms with Crippen LogP contribution in [0.25, 0.3) is 0 Å². The number of carbonyl (C=O) groups is 2. The van der Waals surface area contributed by atoms with Crippen molar-refractivity contribution in [2.75, 3.05) is 0 Å². The summed E-state index contributed by atoms with van der Waals surface area (Å²) >= 11 is 0. The number of hydrogen-bond donors (Lipinski definition) is 2. The number of carbonyl (C=O) groups excluding carboxylic acids is 2. The number of unbranched alkanes of at least 4 members (excludes halogenated alkanes) is 6. The van der Waals surface area contributed by atoms with Crippen LogP contribution in [0.2, 0.25) is 0 Å². The summed E-state index contributed by atoms with van der Waals surface area (Å²) in [7, 11) is 0. The van der Waals surface area contributed by atoms with Crippen molar-refractivity contribution >= 4 is 11.8 Å². The monoisotopic (exact) mass is 380 g/mol. The normalized spacial score (nSPS) is 11.3. The second-order valence-electron chi connectivity index (χ2n) is 7.44. The molecule has 0 aromatic heterocycles. The van der Waals surface area contributed by atoms with E-state index in [1.807, 2.05) is 60.7 Å². The molecule has 0 aliphatic carbocycles. The van der Waals surface area contributed by atoms with Crippen molar-refractivity contribution in [1.82, 2.24) is 0 Å². The molecule has 0 radical (unpaired) electrons. The van der Waals surface area contributed by atoms with E-state index in [1.165, 1.54) is 0 Å². The van der Waals surface area contributed by atoms with Gasteiger partial charge in [-0.25, -0.2) is 0 Å². The third-order valence-corrected chi connectivity index (χ3v) is 5.43. The highest BCUT2D eigenvalue weighted by molar-refractivity contribution is 5.90. The lowest BCUT2D eigenvalue weighted by atomic mass is 9.70.